The zero-order valence-corrected chi connectivity index (χ0v) is 10.8. The number of carbonyl (C=O) groups excluding carboxylic acids is 1. The summed E-state index contributed by atoms with van der Waals surface area (Å²) in [6.45, 7) is 0.653. The van der Waals surface area contributed by atoms with Gasteiger partial charge in [0.2, 0.25) is 0 Å². The van der Waals surface area contributed by atoms with Crippen molar-refractivity contribution < 1.29 is 14.3 Å². The Balaban J connectivity index is 2.13. The number of para-hydroxylation sites is 1. The topological polar surface area (TPSA) is 47.6 Å². The van der Waals surface area contributed by atoms with E-state index in [-0.39, 0.29) is 12.0 Å². The fourth-order valence-corrected chi connectivity index (χ4v) is 2.07. The first kappa shape index (κ1) is 12.9. The van der Waals surface area contributed by atoms with Crippen LogP contribution in [0.15, 0.2) is 24.3 Å². The number of methoxy groups -OCH3 is 2. The van der Waals surface area contributed by atoms with Crippen molar-refractivity contribution in [3.8, 4) is 0 Å². The molecule has 98 valence electrons. The van der Waals surface area contributed by atoms with E-state index in [1.54, 1.807) is 13.2 Å². The maximum atomic E-state index is 11.7. The predicted octanol–water partition coefficient (Wildman–Crippen LogP) is 2.31. The second kappa shape index (κ2) is 5.87. The fraction of sp³-hybridized carbons (Fsp3) is 0.500. The molecule has 2 rings (SSSR count). The Labute approximate surface area is 107 Å². The Hall–Kier alpha value is -1.55. The van der Waals surface area contributed by atoms with Crippen LogP contribution in [0.4, 0.5) is 5.69 Å². The monoisotopic (exact) mass is 249 g/mol. The Morgan fingerprint density at radius 1 is 1.39 bits per heavy atom. The molecule has 0 amide bonds. The van der Waals surface area contributed by atoms with Gasteiger partial charge in [-0.15, -0.1) is 0 Å². The van der Waals surface area contributed by atoms with E-state index in [2.05, 4.69) is 5.32 Å². The normalized spacial score (nSPS) is 16.1. The van der Waals surface area contributed by atoms with Gasteiger partial charge in [-0.3, -0.25) is 0 Å². The maximum Gasteiger partial charge on any atom is 0.339 e. The zero-order chi connectivity index (χ0) is 13.0. The molecule has 1 fully saturated rings. The average molecular weight is 249 g/mol. The number of anilines is 1. The van der Waals surface area contributed by atoms with Crippen molar-refractivity contribution in [2.45, 2.75) is 18.9 Å². The van der Waals surface area contributed by atoms with Gasteiger partial charge in [0.1, 0.15) is 0 Å². The van der Waals surface area contributed by atoms with Gasteiger partial charge in [0.15, 0.2) is 0 Å². The fourth-order valence-electron chi connectivity index (χ4n) is 2.07. The van der Waals surface area contributed by atoms with Gasteiger partial charge < -0.3 is 14.8 Å². The summed E-state index contributed by atoms with van der Waals surface area (Å²) < 4.78 is 10.0. The molecule has 0 spiro atoms. The third kappa shape index (κ3) is 3.01. The molecule has 0 saturated heterocycles. The molecular weight excluding hydrogens is 230 g/mol. The van der Waals surface area contributed by atoms with Crippen LogP contribution in [-0.4, -0.2) is 32.8 Å². The van der Waals surface area contributed by atoms with Crippen LogP contribution in [0.3, 0.4) is 0 Å². The van der Waals surface area contributed by atoms with E-state index in [4.69, 9.17) is 9.47 Å². The minimum Gasteiger partial charge on any atom is -0.465 e. The molecule has 0 bridgehead atoms. The van der Waals surface area contributed by atoms with E-state index >= 15 is 0 Å². The predicted molar refractivity (Wildman–Crippen MR) is 69.8 cm³/mol. The minimum absolute atomic E-state index is 0.265. The summed E-state index contributed by atoms with van der Waals surface area (Å²) in [5.41, 5.74) is 1.39. The Morgan fingerprint density at radius 2 is 2.11 bits per heavy atom. The van der Waals surface area contributed by atoms with E-state index in [9.17, 15) is 4.79 Å². The molecule has 18 heavy (non-hydrogen) atoms. The van der Waals surface area contributed by atoms with Crippen LogP contribution in [0.2, 0.25) is 0 Å². The highest BCUT2D eigenvalue weighted by molar-refractivity contribution is 5.95. The first-order chi connectivity index (χ1) is 8.76. The lowest BCUT2D eigenvalue weighted by molar-refractivity contribution is 0.0601. The standard InChI is InChI=1S/C14H19NO3/c1-17-9-13(10-7-8-10)15-12-6-4-3-5-11(12)14(16)18-2/h3-6,10,13,15H,7-9H2,1-2H3. The quantitative estimate of drug-likeness (QED) is 0.786. The summed E-state index contributed by atoms with van der Waals surface area (Å²) in [4.78, 5) is 11.7. The van der Waals surface area contributed by atoms with Crippen molar-refractivity contribution in [1.29, 1.82) is 0 Å². The number of esters is 1. The lowest BCUT2D eigenvalue weighted by Gasteiger charge is -2.20. The lowest BCUT2D eigenvalue weighted by Crippen LogP contribution is -2.28. The van der Waals surface area contributed by atoms with Crippen LogP contribution in [0.1, 0.15) is 23.2 Å². The number of hydrogen-bond acceptors (Lipinski definition) is 4. The van der Waals surface area contributed by atoms with Gasteiger partial charge in [0, 0.05) is 12.8 Å². The maximum absolute atomic E-state index is 11.7. The second-order valence-corrected chi connectivity index (χ2v) is 4.58. The molecule has 1 unspecified atom stereocenters. The first-order valence-electron chi connectivity index (χ1n) is 6.19. The number of rotatable bonds is 6. The zero-order valence-electron chi connectivity index (χ0n) is 10.8. The Morgan fingerprint density at radius 3 is 2.72 bits per heavy atom. The van der Waals surface area contributed by atoms with Crippen LogP contribution in [-0.2, 0) is 9.47 Å². The third-order valence-electron chi connectivity index (χ3n) is 3.21. The molecule has 0 radical (unpaired) electrons. The molecule has 1 aliphatic carbocycles. The van der Waals surface area contributed by atoms with Crippen molar-refractivity contribution >= 4 is 11.7 Å². The lowest BCUT2D eigenvalue weighted by atomic mass is 10.1. The summed E-state index contributed by atoms with van der Waals surface area (Å²) in [6.07, 6.45) is 2.45. The summed E-state index contributed by atoms with van der Waals surface area (Å²) in [6, 6.07) is 7.67. The van der Waals surface area contributed by atoms with Crippen molar-refractivity contribution in [1.82, 2.24) is 0 Å². The average Bonchev–Trinajstić information content (AvgIpc) is 3.22. The summed E-state index contributed by atoms with van der Waals surface area (Å²) in [5.74, 6) is 0.334. The van der Waals surface area contributed by atoms with Crippen LogP contribution < -0.4 is 5.32 Å². The summed E-state index contributed by atoms with van der Waals surface area (Å²) in [7, 11) is 3.09. The Kier molecular flexibility index (Phi) is 4.20. The van der Waals surface area contributed by atoms with Gasteiger partial charge in [0.25, 0.3) is 0 Å². The molecule has 4 heteroatoms. The molecule has 1 saturated carbocycles. The van der Waals surface area contributed by atoms with Gasteiger partial charge in [-0.2, -0.15) is 0 Å². The SMILES string of the molecule is COCC(Nc1ccccc1C(=O)OC)C1CC1. The number of nitrogens with one attached hydrogen (secondary N) is 1. The van der Waals surface area contributed by atoms with Crippen molar-refractivity contribution in [2.24, 2.45) is 5.92 Å². The molecular formula is C14H19NO3. The van der Waals surface area contributed by atoms with Gasteiger partial charge in [-0.25, -0.2) is 4.79 Å². The number of hydrogen-bond donors (Lipinski definition) is 1. The molecule has 0 heterocycles. The number of carbonyl (C=O) groups is 1. The largest absolute Gasteiger partial charge is 0.465 e. The highest BCUT2D eigenvalue weighted by Gasteiger charge is 2.31. The van der Waals surface area contributed by atoms with Gasteiger partial charge >= 0.3 is 5.97 Å². The van der Waals surface area contributed by atoms with Gasteiger partial charge in [-0.05, 0) is 30.9 Å². The molecule has 1 N–H and O–H groups in total. The highest BCUT2D eigenvalue weighted by Crippen LogP contribution is 2.34. The first-order valence-corrected chi connectivity index (χ1v) is 6.19. The van der Waals surface area contributed by atoms with Crippen LogP contribution in [0.25, 0.3) is 0 Å². The molecule has 1 aromatic carbocycles. The number of ether oxygens (including phenoxy) is 2. The van der Waals surface area contributed by atoms with Crippen LogP contribution >= 0.6 is 0 Å². The van der Waals surface area contributed by atoms with E-state index in [1.165, 1.54) is 20.0 Å². The molecule has 4 nitrogen and oxygen atoms in total. The van der Waals surface area contributed by atoms with Crippen LogP contribution in [0, 0.1) is 5.92 Å². The smallest absolute Gasteiger partial charge is 0.339 e. The van der Waals surface area contributed by atoms with Crippen molar-refractivity contribution in [3.05, 3.63) is 29.8 Å². The van der Waals surface area contributed by atoms with E-state index in [0.29, 0.717) is 18.1 Å². The van der Waals surface area contributed by atoms with Gasteiger partial charge in [-0.1, -0.05) is 12.1 Å². The number of benzene rings is 1. The molecule has 0 aliphatic heterocycles. The summed E-state index contributed by atoms with van der Waals surface area (Å²) in [5, 5.41) is 3.40. The van der Waals surface area contributed by atoms with Gasteiger partial charge in [0.05, 0.1) is 25.3 Å². The molecule has 1 aromatic rings. The third-order valence-corrected chi connectivity index (χ3v) is 3.21. The Bertz CT molecular complexity index is 415. The molecule has 0 aromatic heterocycles. The second-order valence-electron chi connectivity index (χ2n) is 4.58. The van der Waals surface area contributed by atoms with E-state index < -0.39 is 0 Å². The van der Waals surface area contributed by atoms with E-state index in [0.717, 1.165) is 5.69 Å². The minimum atomic E-state index is -0.315. The molecule has 1 atom stereocenters. The van der Waals surface area contributed by atoms with Crippen LogP contribution in [0.5, 0.6) is 0 Å². The molecule has 1 aliphatic rings. The van der Waals surface area contributed by atoms with Crippen molar-refractivity contribution in [3.63, 3.8) is 0 Å². The highest BCUT2D eigenvalue weighted by atomic mass is 16.5. The van der Waals surface area contributed by atoms with Crippen molar-refractivity contribution in [2.75, 3.05) is 26.1 Å². The summed E-state index contributed by atoms with van der Waals surface area (Å²) >= 11 is 0. The van der Waals surface area contributed by atoms with E-state index in [1.807, 2.05) is 18.2 Å².